The molecule has 21 heteroatoms. The van der Waals surface area contributed by atoms with Gasteiger partial charge in [-0.2, -0.15) is 0 Å². The third-order valence-corrected chi connectivity index (χ3v) is 16.3. The lowest BCUT2D eigenvalue weighted by Crippen LogP contribution is -2.54. The highest BCUT2D eigenvalue weighted by atomic mass is 32.1. The Hall–Kier alpha value is -7.35. The number of rotatable bonds is 19. The van der Waals surface area contributed by atoms with Gasteiger partial charge in [0, 0.05) is 107 Å². The number of carbonyl (C=O) groups is 2. The van der Waals surface area contributed by atoms with Gasteiger partial charge in [0.15, 0.2) is 11.6 Å². The molecule has 4 fully saturated rings. The normalized spacial score (nSPS) is 20.3. The van der Waals surface area contributed by atoms with Crippen molar-refractivity contribution in [3.05, 3.63) is 102 Å². The number of likely N-dealkylation sites (tertiary alicyclic amines) is 1. The lowest BCUT2D eigenvalue weighted by Gasteiger charge is -2.43. The number of aromatic nitrogens is 5. The Morgan fingerprint density at radius 3 is 2.30 bits per heavy atom. The standard InChI is InChI=1S/C58H71N13O7S/c1-37(2)54(58(75)70-35-44(72)30-49(70)57(74)62-38(3)39-12-14-40(15-13-39)55-46(61-36-79-55)10-8-20-66(4)5)51-32-53(65-78-51)77-28-26-68-23-21-67(22-24-68)25-27-76-52-29-41(18-19-60-52)71-42-16-17-43(71)34-69(33-42)48-31-47(63-64-56(48)59)45-9-6-7-11-50(45)73/h6-7,9,11-15,18-19,29,31-32,36-38,42-44,49,54,72-73H,16-17,20-28,30,33-35H2,1-5H3,(H2,59,64)(H,62,74)/t38-,42?,43?,44+,49-,54?/m0/s1. The van der Waals surface area contributed by atoms with E-state index in [9.17, 15) is 19.8 Å². The minimum Gasteiger partial charge on any atom is -0.507 e. The molecule has 4 aliphatic rings. The quantitative estimate of drug-likeness (QED) is 0.0749. The van der Waals surface area contributed by atoms with Crippen molar-refractivity contribution in [3.63, 3.8) is 0 Å². The van der Waals surface area contributed by atoms with Crippen molar-refractivity contribution in [1.29, 1.82) is 0 Å². The van der Waals surface area contributed by atoms with Crippen LogP contribution in [-0.4, -0.2) is 184 Å². The van der Waals surface area contributed by atoms with Gasteiger partial charge in [0.25, 0.3) is 5.88 Å². The Morgan fingerprint density at radius 1 is 0.899 bits per heavy atom. The molecule has 0 spiro atoms. The summed E-state index contributed by atoms with van der Waals surface area (Å²) in [6.45, 7) is 13.9. The lowest BCUT2D eigenvalue weighted by molar-refractivity contribution is -0.141. The number of phenolic OH excluding ortho intramolecular Hbond substituents is 1. The van der Waals surface area contributed by atoms with E-state index in [-0.39, 0.29) is 54.6 Å². The zero-order chi connectivity index (χ0) is 55.2. The van der Waals surface area contributed by atoms with Gasteiger partial charge in [-0.05, 0) is 86.2 Å². The lowest BCUT2D eigenvalue weighted by atomic mass is 9.91. The SMILES string of the molecule is CC(C)C(C(=O)N1C[C@H](O)C[C@H]1C(=O)N[C@@H](C)c1ccc(-c2scnc2C#CCN(C)C)cc1)c1cc(OCCN2CCN(CCOc3cc(N4C5CCC4CN(c4cc(-c6ccccc6O)nnc4N)C5)ccn3)CC2)no1. The van der Waals surface area contributed by atoms with Crippen LogP contribution in [0.5, 0.6) is 17.5 Å². The number of benzene rings is 2. The zero-order valence-corrected chi connectivity index (χ0v) is 46.4. The number of para-hydroxylation sites is 1. The fourth-order valence-corrected chi connectivity index (χ4v) is 12.0. The van der Waals surface area contributed by atoms with Gasteiger partial charge in [-0.1, -0.05) is 56.2 Å². The van der Waals surface area contributed by atoms with Crippen LogP contribution >= 0.6 is 11.3 Å². The maximum atomic E-state index is 14.3. The van der Waals surface area contributed by atoms with Crippen LogP contribution in [0.25, 0.3) is 21.7 Å². The number of piperazine rings is 2. The molecule has 4 aliphatic heterocycles. The Bertz CT molecular complexity index is 3100. The maximum absolute atomic E-state index is 14.3. The highest BCUT2D eigenvalue weighted by Gasteiger charge is 2.44. The van der Waals surface area contributed by atoms with Gasteiger partial charge in [-0.15, -0.1) is 21.5 Å². The third kappa shape index (κ3) is 12.9. The van der Waals surface area contributed by atoms with Crippen molar-refractivity contribution < 1.29 is 33.8 Å². The highest BCUT2D eigenvalue weighted by Crippen LogP contribution is 2.40. The Morgan fingerprint density at radius 2 is 1.61 bits per heavy atom. The first-order chi connectivity index (χ1) is 38.3. The molecule has 6 atom stereocenters. The molecule has 6 aromatic rings. The van der Waals surface area contributed by atoms with E-state index in [0.717, 1.165) is 91.7 Å². The molecule has 4 aromatic heterocycles. The fourth-order valence-electron chi connectivity index (χ4n) is 11.3. The minimum atomic E-state index is -0.853. The fraction of sp³-hybridized carbons (Fsp3) is 0.466. The van der Waals surface area contributed by atoms with Gasteiger partial charge in [-0.25, -0.2) is 9.97 Å². The number of carbonyl (C=O) groups excluding carboxylic acids is 2. The van der Waals surface area contributed by atoms with Crippen molar-refractivity contribution in [2.45, 2.75) is 76.2 Å². The topological polar surface area (TPSA) is 228 Å². The van der Waals surface area contributed by atoms with Crippen molar-refractivity contribution in [1.82, 2.24) is 50.2 Å². The number of nitrogens with zero attached hydrogens (tertiary/aromatic N) is 11. The number of anilines is 3. The van der Waals surface area contributed by atoms with Gasteiger partial charge in [0.1, 0.15) is 36.6 Å². The molecule has 5 N–H and O–H groups in total. The van der Waals surface area contributed by atoms with Gasteiger partial charge >= 0.3 is 0 Å². The van der Waals surface area contributed by atoms with Crippen LogP contribution in [0.15, 0.2) is 89.0 Å². The van der Waals surface area contributed by atoms with Crippen molar-refractivity contribution in [2.24, 2.45) is 5.92 Å². The van der Waals surface area contributed by atoms with E-state index in [2.05, 4.69) is 74.2 Å². The number of nitrogen functional groups attached to an aromatic ring is 1. The van der Waals surface area contributed by atoms with E-state index in [4.69, 9.17) is 19.7 Å². The molecule has 416 valence electrons. The summed E-state index contributed by atoms with van der Waals surface area (Å²) in [7, 11) is 3.95. The first-order valence-electron chi connectivity index (χ1n) is 27.3. The molecule has 0 saturated carbocycles. The van der Waals surface area contributed by atoms with E-state index < -0.39 is 18.1 Å². The zero-order valence-electron chi connectivity index (χ0n) is 45.6. The summed E-state index contributed by atoms with van der Waals surface area (Å²) in [4.78, 5) is 51.2. The molecule has 0 aliphatic carbocycles. The van der Waals surface area contributed by atoms with E-state index in [1.165, 1.54) is 16.2 Å². The Labute approximate surface area is 465 Å². The van der Waals surface area contributed by atoms with Gasteiger partial charge in [0.2, 0.25) is 17.7 Å². The number of amides is 2. The Kier molecular flexibility index (Phi) is 17.2. The smallest absolute Gasteiger partial charge is 0.254 e. The molecule has 20 nitrogen and oxygen atoms in total. The van der Waals surface area contributed by atoms with E-state index in [1.54, 1.807) is 23.7 Å². The number of fused-ring (bicyclic) bond motifs is 2. The summed E-state index contributed by atoms with van der Waals surface area (Å²) in [6.07, 6.45) is 3.24. The van der Waals surface area contributed by atoms with Crippen LogP contribution in [-0.2, 0) is 9.59 Å². The Balaban J connectivity index is 0.654. The molecule has 2 bridgehead atoms. The van der Waals surface area contributed by atoms with E-state index in [0.29, 0.717) is 60.9 Å². The molecule has 4 saturated heterocycles. The van der Waals surface area contributed by atoms with Crippen LogP contribution in [0.2, 0.25) is 0 Å². The summed E-state index contributed by atoms with van der Waals surface area (Å²) >= 11 is 1.53. The average Bonchev–Trinajstić information content (AvgIpc) is 4.44. The number of phenols is 1. The number of thiazole rings is 1. The highest BCUT2D eigenvalue weighted by molar-refractivity contribution is 7.13. The average molecular weight is 1090 g/mol. The number of pyridine rings is 1. The number of β-amino-alcohol motifs (C(OH)–C–C–N with tert-alkyl or cyclic N) is 1. The second-order valence-corrected chi connectivity index (χ2v) is 22.4. The van der Waals surface area contributed by atoms with Crippen molar-refractivity contribution >= 4 is 40.3 Å². The molecular formula is C58H71N13O7S. The van der Waals surface area contributed by atoms with Crippen molar-refractivity contribution in [3.8, 4) is 51.0 Å². The van der Waals surface area contributed by atoms with Gasteiger partial charge in [-0.3, -0.25) is 24.3 Å². The number of nitrogens with two attached hydrogens (primary N) is 1. The van der Waals surface area contributed by atoms with Crippen LogP contribution in [0.4, 0.5) is 17.2 Å². The molecule has 3 unspecified atom stereocenters. The second-order valence-electron chi connectivity index (χ2n) is 21.6. The molecule has 10 rings (SSSR count). The number of hydrogen-bond donors (Lipinski definition) is 4. The molecule has 0 radical (unpaired) electrons. The van der Waals surface area contributed by atoms with Crippen LogP contribution < -0.4 is 30.3 Å². The predicted molar refractivity (Wildman–Crippen MR) is 303 cm³/mol. The molecule has 79 heavy (non-hydrogen) atoms. The summed E-state index contributed by atoms with van der Waals surface area (Å²) in [5, 5.41) is 37.1. The predicted octanol–water partition coefficient (Wildman–Crippen LogP) is 5.36. The summed E-state index contributed by atoms with van der Waals surface area (Å²) in [6, 6.07) is 22.2. The maximum Gasteiger partial charge on any atom is 0.254 e. The molecular weight excluding hydrogens is 1020 g/mol. The molecule has 2 amide bonds. The summed E-state index contributed by atoms with van der Waals surface area (Å²) in [5.41, 5.74) is 14.0. The first kappa shape index (κ1) is 55.0. The number of aliphatic hydroxyl groups is 1. The van der Waals surface area contributed by atoms with Gasteiger partial charge < -0.3 is 50.0 Å². The number of nitrogens with one attached hydrogen (secondary N) is 1. The van der Waals surface area contributed by atoms with E-state index in [1.807, 2.05) is 88.4 Å². The minimum absolute atomic E-state index is 0.0384. The first-order valence-corrected chi connectivity index (χ1v) is 28.2. The largest absolute Gasteiger partial charge is 0.507 e. The van der Waals surface area contributed by atoms with Gasteiger partial charge in [0.05, 0.1) is 40.5 Å². The van der Waals surface area contributed by atoms with Crippen molar-refractivity contribution in [2.75, 3.05) is 108 Å². The molecule has 8 heterocycles. The number of aliphatic hydroxyl groups excluding tert-OH is 1. The summed E-state index contributed by atoms with van der Waals surface area (Å²) in [5.74, 6) is 6.55. The number of aromatic hydroxyl groups is 1. The monoisotopic (exact) mass is 1090 g/mol. The van der Waals surface area contributed by atoms with Crippen LogP contribution in [0, 0.1) is 17.8 Å². The van der Waals surface area contributed by atoms with Crippen LogP contribution in [0.1, 0.15) is 69.0 Å². The van der Waals surface area contributed by atoms with E-state index >= 15 is 0 Å². The number of hydrogen-bond acceptors (Lipinski definition) is 19. The molecule has 2 aromatic carbocycles. The van der Waals surface area contributed by atoms with Crippen LogP contribution in [0.3, 0.4) is 0 Å². The summed E-state index contributed by atoms with van der Waals surface area (Å²) < 4.78 is 18.1. The third-order valence-electron chi connectivity index (χ3n) is 15.4. The second kappa shape index (κ2) is 24.8. The number of ether oxygens (including phenoxy) is 2.